The summed E-state index contributed by atoms with van der Waals surface area (Å²) in [7, 11) is 0. The van der Waals surface area contributed by atoms with Crippen LogP contribution in [0, 0.1) is 5.92 Å². The molecule has 0 atom stereocenters. The lowest BCUT2D eigenvalue weighted by molar-refractivity contribution is 0.223. The lowest BCUT2D eigenvalue weighted by Crippen LogP contribution is -2.26. The second-order valence-electron chi connectivity index (χ2n) is 4.67. The highest BCUT2D eigenvalue weighted by Crippen LogP contribution is 2.30. The molecule has 0 amide bonds. The van der Waals surface area contributed by atoms with Crippen molar-refractivity contribution in [2.45, 2.75) is 39.3 Å². The van der Waals surface area contributed by atoms with Crippen LogP contribution in [0.4, 0.5) is 0 Å². The normalized spacial score (nSPS) is 15.9. The topological polar surface area (TPSA) is 55.3 Å². The second kappa shape index (κ2) is 5.46. The molecule has 1 aliphatic carbocycles. The quantitative estimate of drug-likeness (QED) is 0.765. The van der Waals surface area contributed by atoms with Gasteiger partial charge in [0.15, 0.2) is 5.76 Å². The van der Waals surface area contributed by atoms with Gasteiger partial charge in [-0.1, -0.05) is 12.1 Å². The Morgan fingerprint density at radius 3 is 2.94 bits per heavy atom. The summed E-state index contributed by atoms with van der Waals surface area (Å²) in [6.07, 6.45) is 3.97. The van der Waals surface area contributed by atoms with Crippen LogP contribution in [0.3, 0.4) is 0 Å². The Morgan fingerprint density at radius 1 is 1.56 bits per heavy atom. The molecule has 0 saturated heterocycles. The largest absolute Gasteiger partial charge is 0.360 e. The lowest BCUT2D eigenvalue weighted by Gasteiger charge is -2.19. The molecule has 2 rings (SSSR count). The number of hydrogen-bond acceptors (Lipinski definition) is 4. The highest BCUT2D eigenvalue weighted by atomic mass is 16.5. The summed E-state index contributed by atoms with van der Waals surface area (Å²) in [6.45, 7) is 5.88. The Labute approximate surface area is 96.8 Å². The van der Waals surface area contributed by atoms with Gasteiger partial charge in [0.25, 0.3) is 0 Å². The van der Waals surface area contributed by atoms with E-state index >= 15 is 0 Å². The lowest BCUT2D eigenvalue weighted by atomic mass is 10.3. The molecule has 1 saturated carbocycles. The number of aromatic nitrogens is 1. The van der Waals surface area contributed by atoms with Crippen molar-refractivity contribution in [1.29, 1.82) is 0 Å². The molecule has 1 aliphatic rings. The van der Waals surface area contributed by atoms with Crippen LogP contribution in [0.25, 0.3) is 0 Å². The summed E-state index contributed by atoms with van der Waals surface area (Å²) >= 11 is 0. The monoisotopic (exact) mass is 223 g/mol. The molecule has 4 nitrogen and oxygen atoms in total. The molecule has 0 aromatic carbocycles. The summed E-state index contributed by atoms with van der Waals surface area (Å²) in [5, 5.41) is 3.92. The predicted octanol–water partition coefficient (Wildman–Crippen LogP) is 1.76. The van der Waals surface area contributed by atoms with Crippen LogP contribution >= 0.6 is 0 Å². The third-order valence-corrected chi connectivity index (χ3v) is 2.95. The Hall–Kier alpha value is -0.870. The number of nitrogens with zero attached hydrogens (tertiary/aromatic N) is 2. The highest BCUT2D eigenvalue weighted by molar-refractivity contribution is 5.04. The fourth-order valence-electron chi connectivity index (χ4n) is 1.96. The van der Waals surface area contributed by atoms with Gasteiger partial charge in [-0.15, -0.1) is 0 Å². The Bertz CT molecular complexity index is 320. The maximum atomic E-state index is 5.51. The van der Waals surface area contributed by atoms with E-state index in [0.717, 1.165) is 30.5 Å². The van der Waals surface area contributed by atoms with Crippen LogP contribution in [0.15, 0.2) is 10.6 Å². The number of hydrogen-bond donors (Lipinski definition) is 1. The zero-order valence-corrected chi connectivity index (χ0v) is 9.98. The maximum absolute atomic E-state index is 5.51. The number of rotatable bonds is 7. The molecule has 1 fully saturated rings. The molecule has 2 N–H and O–H groups in total. The number of nitrogens with two attached hydrogens (primary N) is 1. The highest BCUT2D eigenvalue weighted by Gasteiger charge is 2.24. The van der Waals surface area contributed by atoms with Gasteiger partial charge in [0.1, 0.15) is 0 Å². The first-order valence-electron chi connectivity index (χ1n) is 6.18. The molecular weight excluding hydrogens is 202 g/mol. The molecule has 0 aliphatic heterocycles. The molecule has 0 radical (unpaired) electrons. The van der Waals surface area contributed by atoms with Gasteiger partial charge >= 0.3 is 0 Å². The van der Waals surface area contributed by atoms with E-state index in [1.165, 1.54) is 25.8 Å². The van der Waals surface area contributed by atoms with Gasteiger partial charge in [-0.25, -0.2) is 0 Å². The van der Waals surface area contributed by atoms with E-state index in [9.17, 15) is 0 Å². The predicted molar refractivity (Wildman–Crippen MR) is 62.7 cm³/mol. The first-order chi connectivity index (χ1) is 7.81. The molecule has 16 heavy (non-hydrogen) atoms. The first-order valence-corrected chi connectivity index (χ1v) is 6.18. The van der Waals surface area contributed by atoms with Crippen molar-refractivity contribution >= 4 is 0 Å². The van der Waals surface area contributed by atoms with Crippen molar-refractivity contribution in [1.82, 2.24) is 10.1 Å². The maximum Gasteiger partial charge on any atom is 0.151 e. The average Bonchev–Trinajstić information content (AvgIpc) is 2.96. The standard InChI is InChI=1S/C12H21N3O/c1-2-5-15(8-10-3-4-10)9-12-6-11(7-13)14-16-12/h6,10H,2-5,7-9,13H2,1H3. The smallest absolute Gasteiger partial charge is 0.151 e. The minimum atomic E-state index is 0.458. The Balaban J connectivity index is 1.87. The van der Waals surface area contributed by atoms with Gasteiger partial charge in [0, 0.05) is 19.2 Å². The first kappa shape index (κ1) is 11.6. The van der Waals surface area contributed by atoms with Gasteiger partial charge in [0.2, 0.25) is 0 Å². The van der Waals surface area contributed by atoms with E-state index in [1.54, 1.807) is 0 Å². The van der Waals surface area contributed by atoms with Crippen LogP contribution in [-0.4, -0.2) is 23.1 Å². The molecule has 4 heteroatoms. The molecule has 0 bridgehead atoms. The third kappa shape index (κ3) is 3.32. The molecule has 0 unspecified atom stereocenters. The summed E-state index contributed by atoms with van der Waals surface area (Å²) in [5.41, 5.74) is 6.35. The van der Waals surface area contributed by atoms with Crippen molar-refractivity contribution < 1.29 is 4.52 Å². The van der Waals surface area contributed by atoms with Crippen LogP contribution in [0.2, 0.25) is 0 Å². The molecule has 90 valence electrons. The van der Waals surface area contributed by atoms with Gasteiger partial charge in [-0.3, -0.25) is 4.90 Å². The zero-order valence-electron chi connectivity index (χ0n) is 9.98. The average molecular weight is 223 g/mol. The second-order valence-corrected chi connectivity index (χ2v) is 4.67. The van der Waals surface area contributed by atoms with Crippen molar-refractivity contribution in [3.05, 3.63) is 17.5 Å². The fourth-order valence-corrected chi connectivity index (χ4v) is 1.96. The summed E-state index contributed by atoms with van der Waals surface area (Å²) < 4.78 is 5.26. The van der Waals surface area contributed by atoms with Gasteiger partial charge in [-0.05, 0) is 31.7 Å². The van der Waals surface area contributed by atoms with Crippen molar-refractivity contribution in [3.8, 4) is 0 Å². The minimum absolute atomic E-state index is 0.458. The summed E-state index contributed by atoms with van der Waals surface area (Å²) in [4.78, 5) is 2.46. The Morgan fingerprint density at radius 2 is 2.38 bits per heavy atom. The van der Waals surface area contributed by atoms with Crippen LogP contribution in [0.5, 0.6) is 0 Å². The SMILES string of the molecule is CCCN(Cc1cc(CN)no1)CC1CC1. The summed E-state index contributed by atoms with van der Waals surface area (Å²) in [6, 6.07) is 1.97. The van der Waals surface area contributed by atoms with Crippen molar-refractivity contribution in [2.24, 2.45) is 11.7 Å². The Kier molecular flexibility index (Phi) is 3.96. The van der Waals surface area contributed by atoms with Crippen LogP contribution in [-0.2, 0) is 13.1 Å². The van der Waals surface area contributed by atoms with E-state index in [0.29, 0.717) is 6.54 Å². The van der Waals surface area contributed by atoms with E-state index < -0.39 is 0 Å². The van der Waals surface area contributed by atoms with Gasteiger partial charge in [-0.2, -0.15) is 0 Å². The van der Waals surface area contributed by atoms with Crippen molar-refractivity contribution in [2.75, 3.05) is 13.1 Å². The van der Waals surface area contributed by atoms with E-state index in [2.05, 4.69) is 17.0 Å². The molecule has 1 aromatic rings. The third-order valence-electron chi connectivity index (χ3n) is 2.95. The fraction of sp³-hybridized carbons (Fsp3) is 0.750. The van der Waals surface area contributed by atoms with Crippen molar-refractivity contribution in [3.63, 3.8) is 0 Å². The molecule has 0 spiro atoms. The van der Waals surface area contributed by atoms with Crippen LogP contribution in [0.1, 0.15) is 37.6 Å². The van der Waals surface area contributed by atoms with E-state index in [1.807, 2.05) is 6.07 Å². The van der Waals surface area contributed by atoms with Gasteiger partial charge < -0.3 is 10.3 Å². The molecule has 1 aromatic heterocycles. The minimum Gasteiger partial charge on any atom is -0.360 e. The van der Waals surface area contributed by atoms with E-state index in [-0.39, 0.29) is 0 Å². The molecule has 1 heterocycles. The molecular formula is C12H21N3O. The van der Waals surface area contributed by atoms with Gasteiger partial charge in [0.05, 0.1) is 12.2 Å². The zero-order chi connectivity index (χ0) is 11.4. The van der Waals surface area contributed by atoms with Crippen LogP contribution < -0.4 is 5.73 Å². The van der Waals surface area contributed by atoms with E-state index in [4.69, 9.17) is 10.3 Å². The summed E-state index contributed by atoms with van der Waals surface area (Å²) in [5.74, 6) is 1.86.